The number of rotatable bonds is 4. The number of carbonyl (C=O) groups is 2. The molecule has 0 unspecified atom stereocenters. The average Bonchev–Trinajstić information content (AvgIpc) is 2.58. The van der Waals surface area contributed by atoms with Crippen LogP contribution in [-0.2, 0) is 15.7 Å². The van der Waals surface area contributed by atoms with Crippen LogP contribution in [0, 0.1) is 5.92 Å². The van der Waals surface area contributed by atoms with Crippen LogP contribution >= 0.6 is 0 Å². The molecule has 0 bridgehead atoms. The molecule has 0 aromatic heterocycles. The first kappa shape index (κ1) is 19.2. The van der Waals surface area contributed by atoms with Gasteiger partial charge in [0, 0.05) is 18.7 Å². The molecular weight excluding hydrogens is 337 g/mol. The van der Waals surface area contributed by atoms with Crippen molar-refractivity contribution < 1.29 is 27.5 Å². The van der Waals surface area contributed by atoms with Crippen LogP contribution in [0.25, 0.3) is 0 Å². The minimum absolute atomic E-state index is 0.0772. The van der Waals surface area contributed by atoms with Gasteiger partial charge in [-0.25, -0.2) is 0 Å². The lowest BCUT2D eigenvalue weighted by molar-refractivity contribution is -0.138. The molecule has 1 fully saturated rings. The second kappa shape index (κ2) is 7.86. The van der Waals surface area contributed by atoms with Gasteiger partial charge in [0.2, 0.25) is 5.91 Å². The van der Waals surface area contributed by atoms with Gasteiger partial charge in [0.15, 0.2) is 0 Å². The van der Waals surface area contributed by atoms with E-state index in [2.05, 4.69) is 5.32 Å². The third kappa shape index (κ3) is 4.94. The molecule has 1 aromatic rings. The molecule has 0 spiro atoms. The minimum atomic E-state index is -4.46. The zero-order valence-electron chi connectivity index (χ0n) is 14.1. The number of ether oxygens (including phenoxy) is 1. The largest absolute Gasteiger partial charge is 0.416 e. The average molecular weight is 358 g/mol. The summed E-state index contributed by atoms with van der Waals surface area (Å²) >= 11 is 0. The summed E-state index contributed by atoms with van der Waals surface area (Å²) < 4.78 is 43.0. The van der Waals surface area contributed by atoms with Crippen molar-refractivity contribution in [2.45, 2.75) is 26.1 Å². The monoisotopic (exact) mass is 358 g/mol. The summed E-state index contributed by atoms with van der Waals surface area (Å²) in [6, 6.07) is 3.17. The molecule has 0 aliphatic carbocycles. The number of nitrogens with one attached hydrogen (secondary N) is 1. The number of hydrogen-bond acceptors (Lipinski definition) is 3. The lowest BCUT2D eigenvalue weighted by Crippen LogP contribution is -2.53. The molecule has 25 heavy (non-hydrogen) atoms. The van der Waals surface area contributed by atoms with Crippen molar-refractivity contribution in [1.82, 2.24) is 10.2 Å². The fourth-order valence-electron chi connectivity index (χ4n) is 2.53. The van der Waals surface area contributed by atoms with Crippen LogP contribution < -0.4 is 5.32 Å². The first-order chi connectivity index (χ1) is 11.7. The quantitative estimate of drug-likeness (QED) is 0.899. The van der Waals surface area contributed by atoms with Crippen LogP contribution in [0.3, 0.4) is 0 Å². The maximum Gasteiger partial charge on any atom is 0.416 e. The van der Waals surface area contributed by atoms with E-state index in [9.17, 15) is 22.8 Å². The van der Waals surface area contributed by atoms with Gasteiger partial charge in [-0.1, -0.05) is 13.8 Å². The molecule has 0 radical (unpaired) electrons. The summed E-state index contributed by atoms with van der Waals surface area (Å²) in [6.07, 6.45) is -4.46. The normalized spacial score (nSPS) is 16.6. The Morgan fingerprint density at radius 2 is 1.68 bits per heavy atom. The van der Waals surface area contributed by atoms with E-state index >= 15 is 0 Å². The van der Waals surface area contributed by atoms with Gasteiger partial charge in [-0.15, -0.1) is 0 Å². The van der Waals surface area contributed by atoms with Crippen LogP contribution in [0.15, 0.2) is 24.3 Å². The van der Waals surface area contributed by atoms with E-state index in [1.807, 2.05) is 0 Å². The fraction of sp³-hybridized carbons (Fsp3) is 0.529. The molecular formula is C17H21F3N2O3. The topological polar surface area (TPSA) is 58.6 Å². The molecule has 1 N–H and O–H groups in total. The Bertz CT molecular complexity index is 609. The van der Waals surface area contributed by atoms with Gasteiger partial charge >= 0.3 is 6.18 Å². The van der Waals surface area contributed by atoms with Crippen molar-refractivity contribution in [3.05, 3.63) is 35.4 Å². The number of halogens is 3. The summed E-state index contributed by atoms with van der Waals surface area (Å²) in [4.78, 5) is 26.5. The number of nitrogens with zero attached hydrogens (tertiary/aromatic N) is 1. The van der Waals surface area contributed by atoms with Gasteiger partial charge in [0.1, 0.15) is 6.04 Å². The third-order valence-electron chi connectivity index (χ3n) is 4.02. The van der Waals surface area contributed by atoms with Crippen molar-refractivity contribution in [3.8, 4) is 0 Å². The highest BCUT2D eigenvalue weighted by Gasteiger charge is 2.32. The number of benzene rings is 1. The standard InChI is InChI=1S/C17H21F3N2O3/c1-11(2)14(16(24)22-7-9-25-10-8-22)21-15(23)12-3-5-13(6-4-12)17(18,19)20/h3-6,11,14H,7-10H2,1-2H3,(H,21,23)/t14-/m0/s1. The van der Waals surface area contributed by atoms with Crippen LogP contribution in [0.1, 0.15) is 29.8 Å². The van der Waals surface area contributed by atoms with E-state index in [-0.39, 0.29) is 17.4 Å². The summed E-state index contributed by atoms with van der Waals surface area (Å²) in [5, 5.41) is 2.64. The molecule has 1 aliphatic heterocycles. The second-order valence-corrected chi connectivity index (χ2v) is 6.21. The third-order valence-corrected chi connectivity index (χ3v) is 4.02. The predicted octanol–water partition coefficient (Wildman–Crippen LogP) is 2.32. The molecule has 1 heterocycles. The first-order valence-electron chi connectivity index (χ1n) is 8.05. The zero-order valence-corrected chi connectivity index (χ0v) is 14.1. The van der Waals surface area contributed by atoms with Crippen molar-refractivity contribution in [1.29, 1.82) is 0 Å². The zero-order chi connectivity index (χ0) is 18.6. The molecule has 5 nitrogen and oxygen atoms in total. The lowest BCUT2D eigenvalue weighted by atomic mass is 10.0. The molecule has 2 rings (SSSR count). The molecule has 1 saturated heterocycles. The van der Waals surface area contributed by atoms with Gasteiger partial charge in [0.25, 0.3) is 5.91 Å². The SMILES string of the molecule is CC(C)[C@H](NC(=O)c1ccc(C(F)(F)F)cc1)C(=O)N1CCOCC1. The number of hydrogen-bond donors (Lipinski definition) is 1. The maximum absolute atomic E-state index is 12.6. The van der Waals surface area contributed by atoms with Crippen LogP contribution in [-0.4, -0.2) is 49.1 Å². The van der Waals surface area contributed by atoms with E-state index in [0.29, 0.717) is 26.3 Å². The van der Waals surface area contributed by atoms with Crippen LogP contribution in [0.5, 0.6) is 0 Å². The summed E-state index contributed by atoms with van der Waals surface area (Å²) in [5.41, 5.74) is -0.748. The van der Waals surface area contributed by atoms with Crippen LogP contribution in [0.2, 0.25) is 0 Å². The Balaban J connectivity index is 2.08. The van der Waals surface area contributed by atoms with Gasteiger partial charge in [-0.3, -0.25) is 9.59 Å². The fourth-order valence-corrected chi connectivity index (χ4v) is 2.53. The summed E-state index contributed by atoms with van der Waals surface area (Å²) in [7, 11) is 0. The lowest BCUT2D eigenvalue weighted by Gasteiger charge is -2.32. The number of carbonyl (C=O) groups excluding carboxylic acids is 2. The maximum atomic E-state index is 12.6. The number of alkyl halides is 3. The van der Waals surface area contributed by atoms with E-state index in [1.54, 1.807) is 18.7 Å². The Morgan fingerprint density at radius 1 is 1.12 bits per heavy atom. The Labute approximate surface area is 144 Å². The van der Waals surface area contributed by atoms with Gasteiger partial charge < -0.3 is 15.0 Å². The number of amides is 2. The Hall–Kier alpha value is -2.09. The molecule has 1 aromatic carbocycles. The molecule has 1 atom stereocenters. The van der Waals surface area contributed by atoms with Gasteiger partial charge in [-0.05, 0) is 30.2 Å². The minimum Gasteiger partial charge on any atom is -0.378 e. The smallest absolute Gasteiger partial charge is 0.378 e. The van der Waals surface area contributed by atoms with E-state index in [1.165, 1.54) is 0 Å². The Morgan fingerprint density at radius 3 is 2.16 bits per heavy atom. The van der Waals surface area contributed by atoms with Crippen molar-refractivity contribution in [2.75, 3.05) is 26.3 Å². The molecule has 1 aliphatic rings. The predicted molar refractivity (Wildman–Crippen MR) is 84.9 cm³/mol. The van der Waals surface area contributed by atoms with Crippen molar-refractivity contribution in [3.63, 3.8) is 0 Å². The van der Waals surface area contributed by atoms with Crippen LogP contribution in [0.4, 0.5) is 13.2 Å². The molecule has 138 valence electrons. The number of morpholine rings is 1. The highest BCUT2D eigenvalue weighted by molar-refractivity contribution is 5.97. The van der Waals surface area contributed by atoms with E-state index in [4.69, 9.17) is 4.74 Å². The first-order valence-corrected chi connectivity index (χ1v) is 8.05. The summed E-state index contributed by atoms with van der Waals surface area (Å²) in [6.45, 7) is 5.41. The highest BCUT2D eigenvalue weighted by Crippen LogP contribution is 2.29. The van der Waals surface area contributed by atoms with Gasteiger partial charge in [-0.2, -0.15) is 13.2 Å². The van der Waals surface area contributed by atoms with E-state index in [0.717, 1.165) is 24.3 Å². The van der Waals surface area contributed by atoms with E-state index < -0.39 is 23.7 Å². The Kier molecular flexibility index (Phi) is 6.05. The van der Waals surface area contributed by atoms with Crippen molar-refractivity contribution >= 4 is 11.8 Å². The molecule has 0 saturated carbocycles. The highest BCUT2D eigenvalue weighted by atomic mass is 19.4. The molecule has 2 amide bonds. The second-order valence-electron chi connectivity index (χ2n) is 6.21. The van der Waals surface area contributed by atoms with Crippen molar-refractivity contribution in [2.24, 2.45) is 5.92 Å². The summed E-state index contributed by atoms with van der Waals surface area (Å²) in [5.74, 6) is -0.943. The molecule has 8 heteroatoms. The van der Waals surface area contributed by atoms with Gasteiger partial charge in [0.05, 0.1) is 18.8 Å².